The largest absolute Gasteiger partial charge is 0.294 e. The predicted molar refractivity (Wildman–Crippen MR) is 127 cm³/mol. The van der Waals surface area contributed by atoms with Gasteiger partial charge in [0.2, 0.25) is 0 Å². The van der Waals surface area contributed by atoms with E-state index in [9.17, 15) is 4.79 Å². The molecular weight excluding hydrogens is 396 g/mol. The molecule has 0 fully saturated rings. The van der Waals surface area contributed by atoms with Gasteiger partial charge in [0.1, 0.15) is 0 Å². The molecule has 0 saturated carbocycles. The van der Waals surface area contributed by atoms with E-state index in [0.29, 0.717) is 12.0 Å². The van der Waals surface area contributed by atoms with Gasteiger partial charge in [-0.1, -0.05) is 85.8 Å². The molecule has 0 atom stereocenters. The second-order valence-electron chi connectivity index (χ2n) is 7.57. The van der Waals surface area contributed by atoms with Crippen LogP contribution >= 0.6 is 0 Å². The minimum atomic E-state index is 0.0716. The van der Waals surface area contributed by atoms with Crippen molar-refractivity contribution in [2.75, 3.05) is 0 Å². The van der Waals surface area contributed by atoms with Gasteiger partial charge in [0.25, 0.3) is 0 Å². The molecule has 0 saturated heterocycles. The Morgan fingerprint density at radius 3 is 1.59 bits per heavy atom. The fraction of sp³-hybridized carbons (Fsp3) is 0.0741. The minimum absolute atomic E-state index is 0.0716. The summed E-state index contributed by atoms with van der Waals surface area (Å²) in [6.07, 6.45) is 0.406. The van der Waals surface area contributed by atoms with Crippen LogP contribution in [0.2, 0.25) is 0 Å². The maximum Gasteiger partial charge on any atom is 0.163 e. The third-order valence-electron chi connectivity index (χ3n) is 5.54. The van der Waals surface area contributed by atoms with Gasteiger partial charge in [0.15, 0.2) is 5.78 Å². The Labute approximate surface area is 186 Å². The van der Waals surface area contributed by atoms with Gasteiger partial charge in [-0.3, -0.25) is 15.0 Å². The first kappa shape index (κ1) is 19.7. The van der Waals surface area contributed by atoms with Crippen molar-refractivity contribution < 1.29 is 4.79 Å². The van der Waals surface area contributed by atoms with Gasteiger partial charge >= 0.3 is 0 Å². The quantitative estimate of drug-likeness (QED) is 0.314. The summed E-state index contributed by atoms with van der Waals surface area (Å²) in [6, 6.07) is 29.8. The number of aromatic nitrogens is 4. The molecule has 2 heterocycles. The first-order valence-electron chi connectivity index (χ1n) is 10.6. The van der Waals surface area contributed by atoms with E-state index in [-0.39, 0.29) is 5.78 Å². The number of carbonyl (C=O) groups is 1. The number of H-pyrrole nitrogens is 2. The van der Waals surface area contributed by atoms with Crippen LogP contribution in [-0.4, -0.2) is 26.2 Å². The van der Waals surface area contributed by atoms with Crippen LogP contribution < -0.4 is 0 Å². The molecule has 5 aromatic rings. The molecule has 2 N–H and O–H groups in total. The van der Waals surface area contributed by atoms with Crippen molar-refractivity contribution in [2.24, 2.45) is 0 Å². The molecule has 0 aliphatic rings. The lowest BCUT2D eigenvalue weighted by molar-refractivity contribution is 0.0989. The highest BCUT2D eigenvalue weighted by molar-refractivity contribution is 6.07. The van der Waals surface area contributed by atoms with Crippen molar-refractivity contribution in [2.45, 2.75) is 13.3 Å². The number of nitrogens with one attached hydrogen (secondary N) is 2. The van der Waals surface area contributed by atoms with Crippen molar-refractivity contribution in [3.8, 4) is 45.0 Å². The van der Waals surface area contributed by atoms with Crippen LogP contribution in [0.1, 0.15) is 23.7 Å². The van der Waals surface area contributed by atoms with Gasteiger partial charge in [-0.25, -0.2) is 0 Å². The highest BCUT2D eigenvalue weighted by Gasteiger charge is 2.20. The molecule has 0 unspecified atom stereocenters. The van der Waals surface area contributed by atoms with Gasteiger partial charge in [0.05, 0.1) is 22.8 Å². The normalized spacial score (nSPS) is 10.9. The Morgan fingerprint density at radius 1 is 0.688 bits per heavy atom. The van der Waals surface area contributed by atoms with E-state index in [2.05, 4.69) is 20.4 Å². The van der Waals surface area contributed by atoms with Crippen LogP contribution in [0.4, 0.5) is 0 Å². The number of nitrogens with zero attached hydrogens (tertiary/aromatic N) is 2. The molecule has 32 heavy (non-hydrogen) atoms. The number of hydrogen-bond acceptors (Lipinski definition) is 3. The van der Waals surface area contributed by atoms with Crippen LogP contribution in [-0.2, 0) is 0 Å². The first-order chi connectivity index (χ1) is 15.7. The van der Waals surface area contributed by atoms with Crippen LogP contribution in [0.5, 0.6) is 0 Å². The van der Waals surface area contributed by atoms with Crippen LogP contribution in [0, 0.1) is 0 Å². The lowest BCUT2D eigenvalue weighted by Gasteiger charge is -2.11. The molecule has 156 valence electrons. The zero-order valence-electron chi connectivity index (χ0n) is 17.7. The van der Waals surface area contributed by atoms with Gasteiger partial charge < -0.3 is 0 Å². The highest BCUT2D eigenvalue weighted by Crippen LogP contribution is 2.34. The lowest BCUT2D eigenvalue weighted by atomic mass is 9.92. The Balaban J connectivity index is 1.61. The monoisotopic (exact) mass is 418 g/mol. The van der Waals surface area contributed by atoms with Gasteiger partial charge in [-0.05, 0) is 12.1 Å². The fourth-order valence-electron chi connectivity index (χ4n) is 3.91. The molecule has 0 bridgehead atoms. The van der Waals surface area contributed by atoms with E-state index in [0.717, 1.165) is 45.0 Å². The Morgan fingerprint density at radius 2 is 1.16 bits per heavy atom. The highest BCUT2D eigenvalue weighted by atomic mass is 16.1. The SMILES string of the molecule is CCC(=O)c1c(-c2cc(-c3ccccc3)n[nH]2)cccc1-c1cc(-c2ccccc2)n[nH]1. The summed E-state index contributed by atoms with van der Waals surface area (Å²) in [7, 11) is 0. The molecule has 0 aliphatic carbocycles. The smallest absolute Gasteiger partial charge is 0.163 e. The summed E-state index contributed by atoms with van der Waals surface area (Å²) in [6.45, 7) is 1.88. The molecule has 5 nitrogen and oxygen atoms in total. The Kier molecular flexibility index (Phi) is 5.22. The van der Waals surface area contributed by atoms with Crippen molar-refractivity contribution in [3.63, 3.8) is 0 Å². The van der Waals surface area contributed by atoms with E-state index >= 15 is 0 Å². The maximum atomic E-state index is 13.1. The van der Waals surface area contributed by atoms with E-state index in [1.807, 2.05) is 97.9 Å². The number of Topliss-reactive ketones (excluding diaryl/α,β-unsaturated/α-hetero) is 1. The second kappa shape index (κ2) is 8.47. The Bertz CT molecular complexity index is 1270. The summed E-state index contributed by atoms with van der Waals surface area (Å²) >= 11 is 0. The first-order valence-corrected chi connectivity index (χ1v) is 10.6. The van der Waals surface area contributed by atoms with Crippen LogP contribution in [0.25, 0.3) is 45.0 Å². The van der Waals surface area contributed by atoms with E-state index < -0.39 is 0 Å². The standard InChI is InChI=1S/C27H22N4O/c1-2-26(32)27-20(24-16-22(28-30-24)18-10-5-3-6-11-18)14-9-15-21(27)25-17-23(29-31-25)19-12-7-4-8-13-19/h3-17H,2H2,1H3,(H,28,30)(H,29,31). The molecule has 0 amide bonds. The maximum absolute atomic E-state index is 13.1. The summed E-state index contributed by atoms with van der Waals surface area (Å²) < 4.78 is 0. The van der Waals surface area contributed by atoms with E-state index in [1.54, 1.807) is 0 Å². The second-order valence-corrected chi connectivity index (χ2v) is 7.57. The number of benzene rings is 3. The minimum Gasteiger partial charge on any atom is -0.294 e. The number of aromatic amines is 2. The zero-order chi connectivity index (χ0) is 21.9. The zero-order valence-corrected chi connectivity index (χ0v) is 17.7. The van der Waals surface area contributed by atoms with Crippen molar-refractivity contribution in [3.05, 3.63) is 96.6 Å². The molecular formula is C27H22N4O. The van der Waals surface area contributed by atoms with Gasteiger partial charge in [-0.15, -0.1) is 0 Å². The Hall–Kier alpha value is -4.25. The van der Waals surface area contributed by atoms with Crippen molar-refractivity contribution >= 4 is 5.78 Å². The fourth-order valence-corrected chi connectivity index (χ4v) is 3.91. The summed E-state index contributed by atoms with van der Waals surface area (Å²) in [4.78, 5) is 13.1. The average Bonchev–Trinajstić information content (AvgIpc) is 3.55. The molecule has 2 aromatic heterocycles. The van der Waals surface area contributed by atoms with Crippen LogP contribution in [0.15, 0.2) is 91.0 Å². The van der Waals surface area contributed by atoms with E-state index in [4.69, 9.17) is 0 Å². The van der Waals surface area contributed by atoms with Crippen LogP contribution in [0.3, 0.4) is 0 Å². The summed E-state index contributed by atoms with van der Waals surface area (Å²) in [5.74, 6) is 0.0716. The number of rotatable bonds is 6. The third-order valence-corrected chi connectivity index (χ3v) is 5.54. The summed E-state index contributed by atoms with van der Waals surface area (Å²) in [5, 5.41) is 15.2. The third kappa shape index (κ3) is 3.65. The molecule has 5 rings (SSSR count). The predicted octanol–water partition coefficient (Wildman–Crippen LogP) is 6.39. The summed E-state index contributed by atoms with van der Waals surface area (Å²) in [5.41, 5.74) is 7.69. The number of ketones is 1. The van der Waals surface area contributed by atoms with Crippen molar-refractivity contribution in [1.82, 2.24) is 20.4 Å². The van der Waals surface area contributed by atoms with E-state index in [1.165, 1.54) is 0 Å². The van der Waals surface area contributed by atoms with Crippen molar-refractivity contribution in [1.29, 1.82) is 0 Å². The topological polar surface area (TPSA) is 74.4 Å². The molecule has 0 aliphatic heterocycles. The molecule has 0 spiro atoms. The molecule has 5 heteroatoms. The number of hydrogen-bond donors (Lipinski definition) is 2. The number of carbonyl (C=O) groups excluding carboxylic acids is 1. The lowest BCUT2D eigenvalue weighted by Crippen LogP contribution is -2.03. The van der Waals surface area contributed by atoms with Gasteiger partial charge in [0, 0.05) is 34.2 Å². The average molecular weight is 419 g/mol. The molecule has 3 aromatic carbocycles. The molecule has 0 radical (unpaired) electrons. The van der Waals surface area contributed by atoms with Gasteiger partial charge in [-0.2, -0.15) is 10.2 Å².